The van der Waals surface area contributed by atoms with E-state index in [0.29, 0.717) is 11.3 Å². The molecule has 3 aromatic carbocycles. The van der Waals surface area contributed by atoms with E-state index in [4.69, 9.17) is 4.74 Å². The van der Waals surface area contributed by atoms with Gasteiger partial charge < -0.3 is 14.7 Å². The number of aliphatic hydroxyl groups excluding tert-OH is 1. The number of para-hydroxylation sites is 1. The summed E-state index contributed by atoms with van der Waals surface area (Å²) in [5, 5.41) is 11.3. The maximum absolute atomic E-state index is 13.4. The summed E-state index contributed by atoms with van der Waals surface area (Å²) >= 11 is 0. The molecular weight excluding hydrogens is 450 g/mol. The number of carbonyl (C=O) groups excluding carboxylic acids is 2. The van der Waals surface area contributed by atoms with E-state index in [9.17, 15) is 14.7 Å². The summed E-state index contributed by atoms with van der Waals surface area (Å²) in [5.74, 6) is -0.857. The molecule has 5 nitrogen and oxygen atoms in total. The van der Waals surface area contributed by atoms with Gasteiger partial charge in [-0.25, -0.2) is 0 Å². The second-order valence-electron chi connectivity index (χ2n) is 10.2. The molecule has 0 radical (unpaired) electrons. The first-order chi connectivity index (χ1) is 17.2. The van der Waals surface area contributed by atoms with Gasteiger partial charge in [0, 0.05) is 11.1 Å². The minimum absolute atomic E-state index is 0.0429. The molecule has 0 saturated carbocycles. The van der Waals surface area contributed by atoms with Crippen molar-refractivity contribution in [3.05, 3.63) is 106 Å². The Hall–Kier alpha value is -3.86. The molecule has 1 N–H and O–H groups in total. The van der Waals surface area contributed by atoms with Gasteiger partial charge in [0.1, 0.15) is 11.5 Å². The lowest BCUT2D eigenvalue weighted by Gasteiger charge is -2.27. The zero-order valence-electron chi connectivity index (χ0n) is 21.5. The van der Waals surface area contributed by atoms with Crippen molar-refractivity contribution in [1.29, 1.82) is 0 Å². The average Bonchev–Trinajstić information content (AvgIpc) is 3.13. The Morgan fingerprint density at radius 2 is 1.58 bits per heavy atom. The van der Waals surface area contributed by atoms with Crippen LogP contribution in [0.1, 0.15) is 61.6 Å². The van der Waals surface area contributed by atoms with Crippen LogP contribution in [0.2, 0.25) is 0 Å². The molecule has 0 aromatic heterocycles. The lowest BCUT2D eigenvalue weighted by Crippen LogP contribution is -2.29. The first kappa shape index (κ1) is 25.2. The lowest BCUT2D eigenvalue weighted by molar-refractivity contribution is -0.140. The van der Waals surface area contributed by atoms with Crippen LogP contribution in [0.3, 0.4) is 0 Å². The molecule has 0 bridgehead atoms. The number of aliphatic hydroxyl groups is 1. The molecule has 1 saturated heterocycles. The number of carbonyl (C=O) groups is 2. The average molecular weight is 484 g/mol. The Kier molecular flexibility index (Phi) is 7.02. The summed E-state index contributed by atoms with van der Waals surface area (Å²) in [4.78, 5) is 28.3. The summed E-state index contributed by atoms with van der Waals surface area (Å²) in [5.41, 5.74) is 4.38. The minimum Gasteiger partial charge on any atom is -0.507 e. The monoisotopic (exact) mass is 483 g/mol. The number of aryl methyl sites for hydroxylation is 1. The van der Waals surface area contributed by atoms with Gasteiger partial charge in [-0.15, -0.1) is 0 Å². The highest BCUT2D eigenvalue weighted by molar-refractivity contribution is 6.46. The van der Waals surface area contributed by atoms with E-state index in [1.807, 2.05) is 60.7 Å². The molecule has 0 spiro atoms. The fourth-order valence-electron chi connectivity index (χ4n) is 4.63. The van der Waals surface area contributed by atoms with E-state index < -0.39 is 17.7 Å². The second-order valence-corrected chi connectivity index (χ2v) is 10.2. The van der Waals surface area contributed by atoms with Crippen molar-refractivity contribution in [3.63, 3.8) is 0 Å². The number of hydrogen-bond donors (Lipinski definition) is 1. The molecule has 5 heteroatoms. The number of likely N-dealkylation sites (tertiary alicyclic amines) is 1. The molecule has 1 atom stereocenters. The molecule has 1 fully saturated rings. The number of benzene rings is 3. The molecule has 1 unspecified atom stereocenters. The molecule has 1 amide bonds. The van der Waals surface area contributed by atoms with Crippen LogP contribution in [0.5, 0.6) is 5.75 Å². The number of hydrogen-bond acceptors (Lipinski definition) is 4. The van der Waals surface area contributed by atoms with E-state index in [2.05, 4.69) is 27.7 Å². The van der Waals surface area contributed by atoms with Gasteiger partial charge in [0.05, 0.1) is 25.3 Å². The van der Waals surface area contributed by atoms with Gasteiger partial charge >= 0.3 is 0 Å². The predicted octanol–water partition coefficient (Wildman–Crippen LogP) is 6.18. The molecule has 186 valence electrons. The third kappa shape index (κ3) is 4.78. The Morgan fingerprint density at radius 3 is 2.17 bits per heavy atom. The Labute approximate surface area is 213 Å². The van der Waals surface area contributed by atoms with Gasteiger partial charge in [-0.2, -0.15) is 0 Å². The van der Waals surface area contributed by atoms with Crippen LogP contribution in [-0.2, 0) is 28.0 Å². The minimum atomic E-state index is -0.727. The van der Waals surface area contributed by atoms with Crippen molar-refractivity contribution < 1.29 is 19.4 Å². The van der Waals surface area contributed by atoms with E-state index in [0.717, 1.165) is 28.7 Å². The largest absolute Gasteiger partial charge is 0.507 e. The number of Topliss-reactive ketones (excluding diaryl/α,β-unsaturated/α-hetero) is 1. The van der Waals surface area contributed by atoms with Gasteiger partial charge in [-0.05, 0) is 34.6 Å². The molecule has 3 aromatic rings. The van der Waals surface area contributed by atoms with Crippen LogP contribution >= 0.6 is 0 Å². The fourth-order valence-corrected chi connectivity index (χ4v) is 4.63. The smallest absolute Gasteiger partial charge is 0.295 e. The van der Waals surface area contributed by atoms with E-state index in [1.165, 1.54) is 4.90 Å². The maximum Gasteiger partial charge on any atom is 0.295 e. The Balaban J connectivity index is 1.86. The van der Waals surface area contributed by atoms with Gasteiger partial charge in [-0.3, -0.25) is 9.59 Å². The zero-order valence-corrected chi connectivity index (χ0v) is 21.5. The molecule has 1 aliphatic heterocycles. The van der Waals surface area contributed by atoms with Crippen LogP contribution in [0.25, 0.3) is 5.76 Å². The zero-order chi connectivity index (χ0) is 26.0. The van der Waals surface area contributed by atoms with Crippen molar-refractivity contribution in [2.75, 3.05) is 7.11 Å². The highest BCUT2D eigenvalue weighted by atomic mass is 16.5. The summed E-state index contributed by atoms with van der Waals surface area (Å²) in [6.45, 7) is 8.63. The molecular formula is C31H33NO4. The lowest BCUT2D eigenvalue weighted by atomic mass is 9.85. The molecule has 4 rings (SSSR count). The predicted molar refractivity (Wildman–Crippen MR) is 142 cm³/mol. The third-order valence-corrected chi connectivity index (χ3v) is 6.80. The summed E-state index contributed by atoms with van der Waals surface area (Å²) in [6, 6.07) is 22.1. The van der Waals surface area contributed by atoms with Crippen molar-refractivity contribution in [1.82, 2.24) is 4.90 Å². The number of ketones is 1. The van der Waals surface area contributed by atoms with Gasteiger partial charge in [0.15, 0.2) is 0 Å². The summed E-state index contributed by atoms with van der Waals surface area (Å²) in [6.07, 6.45) is 0.866. The standard InChI is InChI=1S/C31H33NO4/c1-6-20-11-13-22(14-12-20)28(33)26-27(21-15-17-24(18-16-21)31(2,3)4)32(30(35)29(26)34)19-23-9-7-8-10-25(23)36-5/h7-18,27,33H,6,19H2,1-5H3/b28-26-. The fraction of sp³-hybridized carbons (Fsp3) is 0.290. The van der Waals surface area contributed by atoms with Crippen molar-refractivity contribution in [2.24, 2.45) is 0 Å². The van der Waals surface area contributed by atoms with Crippen LogP contribution < -0.4 is 4.74 Å². The SMILES string of the molecule is CCc1ccc(/C(O)=C2/C(=O)C(=O)N(Cc3ccccc3OC)C2c2ccc(C(C)(C)C)cc2)cc1. The van der Waals surface area contributed by atoms with Gasteiger partial charge in [-0.1, -0.05) is 94.4 Å². The van der Waals surface area contributed by atoms with Crippen LogP contribution in [0, 0.1) is 0 Å². The molecule has 1 heterocycles. The first-order valence-electron chi connectivity index (χ1n) is 12.3. The van der Waals surface area contributed by atoms with Crippen molar-refractivity contribution in [3.8, 4) is 5.75 Å². The van der Waals surface area contributed by atoms with Gasteiger partial charge in [0.25, 0.3) is 11.7 Å². The van der Waals surface area contributed by atoms with Crippen molar-refractivity contribution >= 4 is 17.4 Å². The topological polar surface area (TPSA) is 66.8 Å². The van der Waals surface area contributed by atoms with Crippen LogP contribution in [0.15, 0.2) is 78.4 Å². The molecule has 0 aliphatic carbocycles. The second kappa shape index (κ2) is 10.0. The normalized spacial score (nSPS) is 17.5. The number of methoxy groups -OCH3 is 1. The maximum atomic E-state index is 13.4. The van der Waals surface area contributed by atoms with Crippen LogP contribution in [0.4, 0.5) is 0 Å². The molecule has 1 aliphatic rings. The third-order valence-electron chi connectivity index (χ3n) is 6.80. The van der Waals surface area contributed by atoms with Crippen LogP contribution in [-0.4, -0.2) is 28.8 Å². The highest BCUT2D eigenvalue weighted by Crippen LogP contribution is 2.41. The molecule has 36 heavy (non-hydrogen) atoms. The van der Waals surface area contributed by atoms with E-state index >= 15 is 0 Å². The van der Waals surface area contributed by atoms with E-state index in [-0.39, 0.29) is 23.3 Å². The number of ether oxygens (including phenoxy) is 1. The van der Waals surface area contributed by atoms with Gasteiger partial charge in [0.2, 0.25) is 0 Å². The summed E-state index contributed by atoms with van der Waals surface area (Å²) < 4.78 is 5.49. The number of rotatable bonds is 6. The van der Waals surface area contributed by atoms with Crippen molar-refractivity contribution in [2.45, 2.75) is 52.1 Å². The highest BCUT2D eigenvalue weighted by Gasteiger charge is 2.46. The first-order valence-corrected chi connectivity index (χ1v) is 12.3. The summed E-state index contributed by atoms with van der Waals surface area (Å²) in [7, 11) is 1.58. The quantitative estimate of drug-likeness (QED) is 0.258. The number of amides is 1. The number of nitrogens with zero attached hydrogens (tertiary/aromatic N) is 1. The Bertz CT molecular complexity index is 1300. The van der Waals surface area contributed by atoms with E-state index in [1.54, 1.807) is 19.2 Å². The Morgan fingerprint density at radius 1 is 0.944 bits per heavy atom.